The molecule has 6 nitrogen and oxygen atoms in total. The minimum atomic E-state index is -0.441. The molecule has 0 fully saturated rings. The lowest BCUT2D eigenvalue weighted by atomic mass is 10.1. The standard InChI is InChI=1S/C20H18O6/c1-2-3-12-8-20(24)26-19-10-14(5-7-15(12)19)25-11-18(23)16-6-4-13(21)9-17(16)22/h4-10,21-22H,2-3,11H2,1H3. The van der Waals surface area contributed by atoms with Crippen LogP contribution < -0.4 is 10.4 Å². The zero-order chi connectivity index (χ0) is 18.7. The topological polar surface area (TPSA) is 97.0 Å². The fourth-order valence-electron chi connectivity index (χ4n) is 2.76. The maximum Gasteiger partial charge on any atom is 0.336 e. The number of phenolic OH excluding ortho intramolecular Hbond substituents is 2. The van der Waals surface area contributed by atoms with E-state index in [1.807, 2.05) is 6.92 Å². The predicted molar refractivity (Wildman–Crippen MR) is 96.1 cm³/mol. The Morgan fingerprint density at radius 3 is 2.65 bits per heavy atom. The van der Waals surface area contributed by atoms with Gasteiger partial charge in [-0.1, -0.05) is 13.3 Å². The molecule has 0 bridgehead atoms. The first kappa shape index (κ1) is 17.5. The van der Waals surface area contributed by atoms with Crippen molar-refractivity contribution in [2.24, 2.45) is 0 Å². The Kier molecular flexibility index (Phi) is 4.93. The van der Waals surface area contributed by atoms with Crippen LogP contribution in [0.3, 0.4) is 0 Å². The van der Waals surface area contributed by atoms with Gasteiger partial charge in [0, 0.05) is 23.6 Å². The lowest BCUT2D eigenvalue weighted by Gasteiger charge is -2.09. The Bertz CT molecular complexity index is 1020. The van der Waals surface area contributed by atoms with Crippen LogP contribution in [0.25, 0.3) is 11.0 Å². The normalized spacial score (nSPS) is 10.8. The minimum Gasteiger partial charge on any atom is -0.508 e. The molecule has 0 aliphatic heterocycles. The van der Waals surface area contributed by atoms with Gasteiger partial charge in [0.1, 0.15) is 22.8 Å². The zero-order valence-electron chi connectivity index (χ0n) is 14.2. The third kappa shape index (κ3) is 3.69. The number of hydrogen-bond donors (Lipinski definition) is 2. The van der Waals surface area contributed by atoms with E-state index < -0.39 is 11.4 Å². The highest BCUT2D eigenvalue weighted by molar-refractivity contribution is 5.99. The second-order valence-corrected chi connectivity index (χ2v) is 5.91. The highest BCUT2D eigenvalue weighted by Gasteiger charge is 2.13. The summed E-state index contributed by atoms with van der Waals surface area (Å²) in [6.45, 7) is 1.73. The van der Waals surface area contributed by atoms with Crippen LogP contribution in [-0.4, -0.2) is 22.6 Å². The summed E-state index contributed by atoms with van der Waals surface area (Å²) in [7, 11) is 0. The number of aryl methyl sites for hydroxylation is 1. The number of carbonyl (C=O) groups is 1. The van der Waals surface area contributed by atoms with Crippen molar-refractivity contribution in [3.63, 3.8) is 0 Å². The smallest absolute Gasteiger partial charge is 0.336 e. The Morgan fingerprint density at radius 2 is 1.92 bits per heavy atom. The summed E-state index contributed by atoms with van der Waals surface area (Å²) in [6, 6.07) is 10.3. The van der Waals surface area contributed by atoms with E-state index in [2.05, 4.69) is 0 Å². The molecular weight excluding hydrogens is 336 g/mol. The molecule has 0 amide bonds. The van der Waals surface area contributed by atoms with E-state index in [9.17, 15) is 19.8 Å². The summed E-state index contributed by atoms with van der Waals surface area (Å²) in [5.74, 6) is -0.510. The van der Waals surface area contributed by atoms with E-state index in [-0.39, 0.29) is 23.7 Å². The Balaban J connectivity index is 1.81. The zero-order valence-corrected chi connectivity index (χ0v) is 14.2. The fourth-order valence-corrected chi connectivity index (χ4v) is 2.76. The summed E-state index contributed by atoms with van der Waals surface area (Å²) in [6.07, 6.45) is 1.67. The quantitative estimate of drug-likeness (QED) is 0.520. The molecule has 3 rings (SSSR count). The fraction of sp³-hybridized carbons (Fsp3) is 0.200. The summed E-state index contributed by atoms with van der Waals surface area (Å²) < 4.78 is 10.7. The van der Waals surface area contributed by atoms with E-state index in [0.717, 1.165) is 29.9 Å². The highest BCUT2D eigenvalue weighted by Crippen LogP contribution is 2.25. The summed E-state index contributed by atoms with van der Waals surface area (Å²) in [5.41, 5.74) is 0.942. The van der Waals surface area contributed by atoms with E-state index in [4.69, 9.17) is 9.15 Å². The van der Waals surface area contributed by atoms with Gasteiger partial charge in [0.25, 0.3) is 0 Å². The third-order valence-corrected chi connectivity index (χ3v) is 3.97. The SMILES string of the molecule is CCCc1cc(=O)oc2cc(OCC(=O)c3ccc(O)cc3O)ccc12. The van der Waals surface area contributed by atoms with Gasteiger partial charge in [-0.05, 0) is 36.2 Å². The molecular formula is C20H18O6. The van der Waals surface area contributed by atoms with Crippen LogP contribution in [0.1, 0.15) is 29.3 Å². The van der Waals surface area contributed by atoms with E-state index in [1.165, 1.54) is 18.2 Å². The Labute approximate surface area is 149 Å². The van der Waals surface area contributed by atoms with Crippen LogP contribution in [0.2, 0.25) is 0 Å². The number of Topliss-reactive ketones (excluding diaryl/α,β-unsaturated/α-hetero) is 1. The molecule has 2 aromatic carbocycles. The molecule has 1 aromatic heterocycles. The first-order valence-electron chi connectivity index (χ1n) is 8.22. The molecule has 3 aromatic rings. The maximum atomic E-state index is 12.2. The van der Waals surface area contributed by atoms with Crippen LogP contribution in [-0.2, 0) is 6.42 Å². The van der Waals surface area contributed by atoms with E-state index in [1.54, 1.807) is 18.2 Å². The number of fused-ring (bicyclic) bond motifs is 1. The highest BCUT2D eigenvalue weighted by atomic mass is 16.5. The summed E-state index contributed by atoms with van der Waals surface area (Å²) >= 11 is 0. The van der Waals surface area contributed by atoms with Crippen LogP contribution in [0, 0.1) is 0 Å². The molecule has 0 saturated carbocycles. The average Bonchev–Trinajstić information content (AvgIpc) is 2.59. The predicted octanol–water partition coefficient (Wildman–Crippen LogP) is 3.42. The van der Waals surface area contributed by atoms with Crippen LogP contribution in [0.5, 0.6) is 17.2 Å². The van der Waals surface area contributed by atoms with Crippen LogP contribution >= 0.6 is 0 Å². The van der Waals surface area contributed by atoms with Crippen LogP contribution in [0.15, 0.2) is 51.7 Å². The van der Waals surface area contributed by atoms with Crippen molar-refractivity contribution >= 4 is 16.8 Å². The second kappa shape index (κ2) is 7.31. The van der Waals surface area contributed by atoms with Gasteiger partial charge in [-0.2, -0.15) is 0 Å². The number of ether oxygens (including phenoxy) is 1. The number of phenols is 2. The van der Waals surface area contributed by atoms with Gasteiger partial charge >= 0.3 is 5.63 Å². The second-order valence-electron chi connectivity index (χ2n) is 5.91. The molecule has 0 saturated heterocycles. The van der Waals surface area contributed by atoms with Gasteiger partial charge in [0.15, 0.2) is 6.61 Å². The van der Waals surface area contributed by atoms with Crippen molar-refractivity contribution in [3.8, 4) is 17.2 Å². The van der Waals surface area contributed by atoms with Crippen molar-refractivity contribution in [2.45, 2.75) is 19.8 Å². The number of rotatable bonds is 6. The van der Waals surface area contributed by atoms with Crippen molar-refractivity contribution in [3.05, 3.63) is 64.0 Å². The molecule has 0 aliphatic rings. The molecule has 0 spiro atoms. The molecule has 134 valence electrons. The van der Waals surface area contributed by atoms with Gasteiger partial charge in [0.05, 0.1) is 5.56 Å². The molecule has 1 heterocycles. The van der Waals surface area contributed by atoms with E-state index >= 15 is 0 Å². The Hall–Kier alpha value is -3.28. The number of carbonyl (C=O) groups excluding carboxylic acids is 1. The van der Waals surface area contributed by atoms with Crippen molar-refractivity contribution < 1.29 is 24.2 Å². The number of ketones is 1. The molecule has 0 unspecified atom stereocenters. The lowest BCUT2D eigenvalue weighted by Crippen LogP contribution is -2.11. The Morgan fingerprint density at radius 1 is 1.12 bits per heavy atom. The molecule has 0 atom stereocenters. The third-order valence-electron chi connectivity index (χ3n) is 3.97. The van der Waals surface area contributed by atoms with Gasteiger partial charge in [0.2, 0.25) is 5.78 Å². The van der Waals surface area contributed by atoms with Crippen molar-refractivity contribution in [1.29, 1.82) is 0 Å². The monoisotopic (exact) mass is 354 g/mol. The van der Waals surface area contributed by atoms with Gasteiger partial charge < -0.3 is 19.4 Å². The lowest BCUT2D eigenvalue weighted by molar-refractivity contribution is 0.0919. The number of benzene rings is 2. The van der Waals surface area contributed by atoms with Gasteiger partial charge in [-0.15, -0.1) is 0 Å². The van der Waals surface area contributed by atoms with Gasteiger partial charge in [-0.3, -0.25) is 4.79 Å². The van der Waals surface area contributed by atoms with E-state index in [0.29, 0.717) is 11.3 Å². The molecule has 0 aliphatic carbocycles. The maximum absolute atomic E-state index is 12.2. The van der Waals surface area contributed by atoms with Gasteiger partial charge in [-0.25, -0.2) is 4.79 Å². The first-order chi connectivity index (χ1) is 12.5. The average molecular weight is 354 g/mol. The number of hydrogen-bond acceptors (Lipinski definition) is 6. The first-order valence-corrected chi connectivity index (χ1v) is 8.22. The molecule has 0 radical (unpaired) electrons. The summed E-state index contributed by atoms with van der Waals surface area (Å²) in [5, 5.41) is 19.8. The minimum absolute atomic E-state index is 0.0559. The molecule has 26 heavy (non-hydrogen) atoms. The molecule has 2 N–H and O–H groups in total. The summed E-state index contributed by atoms with van der Waals surface area (Å²) in [4.78, 5) is 23.9. The van der Waals surface area contributed by atoms with Crippen molar-refractivity contribution in [1.82, 2.24) is 0 Å². The molecule has 6 heteroatoms. The van der Waals surface area contributed by atoms with Crippen molar-refractivity contribution in [2.75, 3.05) is 6.61 Å². The van der Waals surface area contributed by atoms with Crippen LogP contribution in [0.4, 0.5) is 0 Å². The number of aromatic hydroxyl groups is 2. The largest absolute Gasteiger partial charge is 0.508 e.